The maximum Gasteiger partial charge on any atom is 0.526 e. The summed E-state index contributed by atoms with van der Waals surface area (Å²) in [6.07, 6.45) is 2.87. The summed E-state index contributed by atoms with van der Waals surface area (Å²) in [5, 5.41) is 10.4. The summed E-state index contributed by atoms with van der Waals surface area (Å²) >= 11 is 0. The summed E-state index contributed by atoms with van der Waals surface area (Å²) in [6, 6.07) is 4.96. The predicted molar refractivity (Wildman–Crippen MR) is 109 cm³/mol. The first-order valence-electron chi connectivity index (χ1n) is 10.1. The van der Waals surface area contributed by atoms with Crippen LogP contribution in [0.4, 0.5) is 0 Å². The third-order valence-corrected chi connectivity index (χ3v) is 5.12. The second-order valence-electron chi connectivity index (χ2n) is 7.81. The lowest BCUT2D eigenvalue weighted by molar-refractivity contribution is -0.173. The van der Waals surface area contributed by atoms with Crippen molar-refractivity contribution in [2.24, 2.45) is 0 Å². The van der Waals surface area contributed by atoms with E-state index in [0.717, 1.165) is 12.8 Å². The van der Waals surface area contributed by atoms with E-state index in [4.69, 9.17) is 18.9 Å². The number of methoxy groups -OCH3 is 1. The highest BCUT2D eigenvalue weighted by atomic mass is 16.7. The molecule has 0 fully saturated rings. The molecule has 0 aromatic heterocycles. The summed E-state index contributed by atoms with van der Waals surface area (Å²) in [5.74, 6) is -1.49. The fourth-order valence-corrected chi connectivity index (χ4v) is 3.06. The highest BCUT2D eigenvalue weighted by Gasteiger charge is 2.38. The number of rotatable bonds is 10. The van der Waals surface area contributed by atoms with E-state index in [-0.39, 0.29) is 29.3 Å². The molecule has 8 nitrogen and oxygen atoms in total. The lowest BCUT2D eigenvalue weighted by atomic mass is 9.64. The van der Waals surface area contributed by atoms with Crippen LogP contribution in [0.3, 0.4) is 0 Å². The second-order valence-corrected chi connectivity index (χ2v) is 7.81. The van der Waals surface area contributed by atoms with Crippen molar-refractivity contribution in [3.05, 3.63) is 29.3 Å². The van der Waals surface area contributed by atoms with Gasteiger partial charge in [-0.3, -0.25) is 4.79 Å². The minimum absolute atomic E-state index is 0.0873. The van der Waals surface area contributed by atoms with Crippen LogP contribution in [0.25, 0.3) is 0 Å². The Kier molecular flexibility index (Phi) is 8.43. The Balaban J connectivity index is 2.01. The molecule has 0 aliphatic carbocycles. The zero-order chi connectivity index (χ0) is 22.3. The van der Waals surface area contributed by atoms with Gasteiger partial charge in [0.05, 0.1) is 0 Å². The maximum atomic E-state index is 12.4. The average molecular weight is 420 g/mol. The van der Waals surface area contributed by atoms with Crippen molar-refractivity contribution in [3.63, 3.8) is 0 Å². The largest absolute Gasteiger partial charge is 0.535 e. The van der Waals surface area contributed by atoms with Crippen LogP contribution in [0.2, 0.25) is 5.82 Å². The van der Waals surface area contributed by atoms with Crippen molar-refractivity contribution < 1.29 is 38.3 Å². The van der Waals surface area contributed by atoms with E-state index in [2.05, 4.69) is 0 Å². The Bertz CT molecular complexity index is 776. The molecule has 30 heavy (non-hydrogen) atoms. The van der Waals surface area contributed by atoms with Crippen LogP contribution in [0.5, 0.6) is 5.75 Å². The number of para-hydroxylation sites is 1. The number of fused-ring (bicyclic) bond motifs is 1. The molecule has 1 aliphatic rings. The number of esters is 2. The zero-order valence-corrected chi connectivity index (χ0v) is 17.9. The Morgan fingerprint density at radius 2 is 2.00 bits per heavy atom. The van der Waals surface area contributed by atoms with Gasteiger partial charge in [-0.15, -0.1) is 0 Å². The number of Topliss-reactive ketones (excluding diaryl/α,β-unsaturated/α-hetero) is 1. The number of benzene rings is 1. The third kappa shape index (κ3) is 6.06. The molecular formula is C21H29BO8. The monoisotopic (exact) mass is 420 g/mol. The fourth-order valence-electron chi connectivity index (χ4n) is 3.06. The molecule has 1 aromatic rings. The van der Waals surface area contributed by atoms with Gasteiger partial charge < -0.3 is 23.9 Å². The molecule has 0 amide bonds. The summed E-state index contributed by atoms with van der Waals surface area (Å²) in [7, 11) is 0.175. The van der Waals surface area contributed by atoms with Gasteiger partial charge >= 0.3 is 19.1 Å². The number of carbonyl (C=O) groups excluding carboxylic acids is 3. The van der Waals surface area contributed by atoms with Gasteiger partial charge in [-0.25, -0.2) is 9.59 Å². The number of unbranched alkanes of at least 4 members (excludes halogenated alkanes) is 1. The van der Waals surface area contributed by atoms with Crippen LogP contribution in [0.15, 0.2) is 18.2 Å². The summed E-state index contributed by atoms with van der Waals surface area (Å²) in [5.41, 5.74) is -0.334. The molecule has 0 bridgehead atoms. The Morgan fingerprint density at radius 3 is 2.67 bits per heavy atom. The SMILES string of the molecule is CCCCC(=O)C[C@H]1Cc2cccc(C(=O)OCOC(=O)C(C)(C)OC)c2OB1O. The van der Waals surface area contributed by atoms with E-state index < -0.39 is 31.5 Å². The molecule has 1 atom stereocenters. The topological polar surface area (TPSA) is 108 Å². The van der Waals surface area contributed by atoms with E-state index >= 15 is 0 Å². The quantitative estimate of drug-likeness (QED) is 0.350. The number of ether oxygens (including phenoxy) is 3. The average Bonchev–Trinajstić information content (AvgIpc) is 2.72. The highest BCUT2D eigenvalue weighted by molar-refractivity contribution is 6.47. The van der Waals surface area contributed by atoms with Crippen LogP contribution < -0.4 is 4.65 Å². The molecule has 0 saturated heterocycles. The van der Waals surface area contributed by atoms with E-state index in [9.17, 15) is 19.4 Å². The van der Waals surface area contributed by atoms with Gasteiger partial charge in [0.15, 0.2) is 5.60 Å². The number of hydrogen-bond acceptors (Lipinski definition) is 8. The first-order chi connectivity index (χ1) is 14.2. The van der Waals surface area contributed by atoms with Gasteiger partial charge in [0, 0.05) is 25.8 Å². The molecule has 0 unspecified atom stereocenters. The molecule has 1 aromatic carbocycles. The first kappa shape index (κ1) is 23.9. The van der Waals surface area contributed by atoms with Crippen molar-refractivity contribution in [2.75, 3.05) is 13.9 Å². The molecule has 0 saturated carbocycles. The van der Waals surface area contributed by atoms with Crippen molar-refractivity contribution in [3.8, 4) is 5.75 Å². The van der Waals surface area contributed by atoms with E-state index in [0.29, 0.717) is 18.4 Å². The Hall–Kier alpha value is -2.39. The summed E-state index contributed by atoms with van der Waals surface area (Å²) in [4.78, 5) is 36.4. The van der Waals surface area contributed by atoms with Crippen molar-refractivity contribution in [1.29, 1.82) is 0 Å². The Morgan fingerprint density at radius 1 is 1.27 bits per heavy atom. The molecule has 1 aliphatic heterocycles. The van der Waals surface area contributed by atoms with Crippen LogP contribution in [-0.2, 0) is 30.2 Å². The van der Waals surface area contributed by atoms with E-state index in [1.807, 2.05) is 6.92 Å². The third-order valence-electron chi connectivity index (χ3n) is 5.12. The van der Waals surface area contributed by atoms with Crippen LogP contribution >= 0.6 is 0 Å². The molecule has 1 heterocycles. The van der Waals surface area contributed by atoms with Crippen molar-refractivity contribution in [2.45, 2.75) is 64.3 Å². The zero-order valence-electron chi connectivity index (χ0n) is 17.9. The normalized spacial score (nSPS) is 15.8. The number of hydrogen-bond donors (Lipinski definition) is 1. The van der Waals surface area contributed by atoms with Gasteiger partial charge in [0.2, 0.25) is 6.79 Å². The molecule has 2 rings (SSSR count). The van der Waals surface area contributed by atoms with Gasteiger partial charge in [-0.05, 0) is 38.3 Å². The summed E-state index contributed by atoms with van der Waals surface area (Å²) < 4.78 is 20.5. The van der Waals surface area contributed by atoms with Crippen LogP contribution in [-0.4, -0.2) is 49.4 Å². The minimum atomic E-state index is -1.20. The van der Waals surface area contributed by atoms with E-state index in [1.54, 1.807) is 12.1 Å². The second kappa shape index (κ2) is 10.6. The fraction of sp³-hybridized carbons (Fsp3) is 0.571. The summed E-state index contributed by atoms with van der Waals surface area (Å²) in [6.45, 7) is 4.50. The number of ketones is 1. The van der Waals surface area contributed by atoms with Gasteiger partial charge in [-0.2, -0.15) is 0 Å². The van der Waals surface area contributed by atoms with Crippen molar-refractivity contribution in [1.82, 2.24) is 0 Å². The maximum absolute atomic E-state index is 12.4. The van der Waals surface area contributed by atoms with E-state index in [1.165, 1.54) is 27.0 Å². The predicted octanol–water partition coefficient (Wildman–Crippen LogP) is 2.70. The minimum Gasteiger partial charge on any atom is -0.535 e. The lowest BCUT2D eigenvalue weighted by Crippen LogP contribution is -2.36. The molecule has 164 valence electrons. The van der Waals surface area contributed by atoms with Crippen molar-refractivity contribution >= 4 is 24.8 Å². The molecule has 0 radical (unpaired) electrons. The van der Waals surface area contributed by atoms with Gasteiger partial charge in [0.1, 0.15) is 17.1 Å². The molecular weight excluding hydrogens is 391 g/mol. The van der Waals surface area contributed by atoms with Gasteiger partial charge in [0.25, 0.3) is 0 Å². The van der Waals surface area contributed by atoms with Crippen LogP contribution in [0.1, 0.15) is 62.4 Å². The smallest absolute Gasteiger partial charge is 0.526 e. The highest BCUT2D eigenvalue weighted by Crippen LogP contribution is 2.36. The standard InChI is InChI=1S/C21H29BO8/c1-5-6-9-16(23)12-15-11-14-8-7-10-17(18(14)30-22(15)26)19(24)28-13-29-20(25)21(2,3)27-4/h7-8,10,15,26H,5-6,9,11-13H2,1-4H3/t15-/m1/s1. The number of carbonyl (C=O) groups is 3. The molecule has 1 N–H and O–H groups in total. The molecule has 0 spiro atoms. The molecule has 9 heteroatoms. The lowest BCUT2D eigenvalue weighted by Gasteiger charge is -2.28. The Labute approximate surface area is 177 Å². The first-order valence-corrected chi connectivity index (χ1v) is 10.1. The van der Waals surface area contributed by atoms with Gasteiger partial charge in [-0.1, -0.05) is 25.5 Å². The van der Waals surface area contributed by atoms with Crippen LogP contribution in [0, 0.1) is 0 Å².